The summed E-state index contributed by atoms with van der Waals surface area (Å²) in [5.74, 6) is 0.286. The van der Waals surface area contributed by atoms with Gasteiger partial charge in [-0.1, -0.05) is 66.2 Å². The lowest BCUT2D eigenvalue weighted by Gasteiger charge is -2.14. The lowest BCUT2D eigenvalue weighted by atomic mass is 10.1. The highest BCUT2D eigenvalue weighted by Gasteiger charge is 2.14. The third-order valence-corrected chi connectivity index (χ3v) is 5.38. The number of nitrogens with one attached hydrogen (secondary N) is 1. The van der Waals surface area contributed by atoms with Gasteiger partial charge in [0.15, 0.2) is 0 Å². The van der Waals surface area contributed by atoms with Crippen LogP contribution >= 0.6 is 15.9 Å². The molecule has 0 aliphatic heterocycles. The van der Waals surface area contributed by atoms with Gasteiger partial charge < -0.3 is 10.1 Å². The molecule has 0 unspecified atom stereocenters. The van der Waals surface area contributed by atoms with E-state index in [4.69, 9.17) is 4.74 Å². The first-order valence-corrected chi connectivity index (χ1v) is 10.7. The van der Waals surface area contributed by atoms with Crippen LogP contribution < -0.4 is 10.1 Å². The largest absolute Gasteiger partial charge is 0.488 e. The second-order valence-corrected chi connectivity index (χ2v) is 8.10. The van der Waals surface area contributed by atoms with E-state index in [1.54, 1.807) is 6.08 Å². The van der Waals surface area contributed by atoms with Crippen LogP contribution in [0.5, 0.6) is 5.75 Å². The predicted octanol–water partition coefficient (Wildman–Crippen LogP) is 6.12. The highest BCUT2D eigenvalue weighted by molar-refractivity contribution is 9.10. The smallest absolute Gasteiger partial charge is 0.262 e. The molecule has 0 spiro atoms. The minimum atomic E-state index is -0.408. The van der Waals surface area contributed by atoms with E-state index in [2.05, 4.69) is 27.3 Å². The first-order valence-electron chi connectivity index (χ1n) is 9.92. The van der Waals surface area contributed by atoms with Crippen LogP contribution in [0.3, 0.4) is 0 Å². The maximum Gasteiger partial charge on any atom is 0.262 e. The van der Waals surface area contributed by atoms with Gasteiger partial charge in [0, 0.05) is 0 Å². The van der Waals surface area contributed by atoms with Crippen LogP contribution in [0.15, 0.2) is 82.8 Å². The van der Waals surface area contributed by atoms with Gasteiger partial charge in [0.1, 0.15) is 24.0 Å². The van der Waals surface area contributed by atoms with Gasteiger partial charge in [0.05, 0.1) is 10.5 Å². The number of halogens is 1. The Morgan fingerprint density at radius 2 is 1.90 bits per heavy atom. The Morgan fingerprint density at radius 1 is 1.13 bits per heavy atom. The van der Waals surface area contributed by atoms with Gasteiger partial charge in [0.25, 0.3) is 5.91 Å². The highest BCUT2D eigenvalue weighted by Crippen LogP contribution is 2.28. The maximum absolute atomic E-state index is 12.6. The van der Waals surface area contributed by atoms with Crippen molar-refractivity contribution in [1.82, 2.24) is 5.32 Å². The van der Waals surface area contributed by atoms with Crippen molar-refractivity contribution in [3.05, 3.63) is 105 Å². The molecule has 3 rings (SSSR count). The van der Waals surface area contributed by atoms with Crippen molar-refractivity contribution < 1.29 is 9.53 Å². The van der Waals surface area contributed by atoms with E-state index in [0.29, 0.717) is 12.4 Å². The molecule has 0 saturated heterocycles. The number of carbonyl (C=O) groups is 1. The number of carbonyl (C=O) groups excluding carboxylic acids is 1. The fraction of sp³-hybridized carbons (Fsp3) is 0.154. The van der Waals surface area contributed by atoms with Crippen LogP contribution in [0, 0.1) is 18.3 Å². The topological polar surface area (TPSA) is 62.1 Å². The van der Waals surface area contributed by atoms with Gasteiger partial charge >= 0.3 is 0 Å². The second-order valence-electron chi connectivity index (χ2n) is 7.24. The average molecular weight is 475 g/mol. The number of benzene rings is 3. The first kappa shape index (κ1) is 22.3. The fourth-order valence-corrected chi connectivity index (χ4v) is 3.61. The van der Waals surface area contributed by atoms with Crippen LogP contribution in [0.2, 0.25) is 0 Å². The van der Waals surface area contributed by atoms with Crippen molar-refractivity contribution in [2.45, 2.75) is 26.5 Å². The van der Waals surface area contributed by atoms with Crippen LogP contribution in [-0.2, 0) is 11.4 Å². The van der Waals surface area contributed by atoms with Crippen LogP contribution in [0.4, 0.5) is 0 Å². The van der Waals surface area contributed by atoms with Gasteiger partial charge in [-0.25, -0.2) is 0 Å². The molecule has 0 fully saturated rings. The summed E-state index contributed by atoms with van der Waals surface area (Å²) in [6.45, 7) is 4.39. The van der Waals surface area contributed by atoms with Crippen molar-refractivity contribution >= 4 is 27.9 Å². The maximum atomic E-state index is 12.6. The highest BCUT2D eigenvalue weighted by atomic mass is 79.9. The molecule has 0 aliphatic carbocycles. The molecule has 0 saturated carbocycles. The second kappa shape index (κ2) is 10.6. The molecule has 5 heteroatoms. The zero-order valence-electron chi connectivity index (χ0n) is 17.4. The molecule has 4 nitrogen and oxygen atoms in total. The van der Waals surface area contributed by atoms with Gasteiger partial charge in [-0.15, -0.1) is 0 Å². The molecule has 156 valence electrons. The Hall–Kier alpha value is -3.36. The monoisotopic (exact) mass is 474 g/mol. The Balaban J connectivity index is 1.68. The Bertz CT molecular complexity index is 1130. The van der Waals surface area contributed by atoms with Crippen molar-refractivity contribution in [3.63, 3.8) is 0 Å². The molecular weight excluding hydrogens is 452 g/mol. The Labute approximate surface area is 191 Å². The number of aryl methyl sites for hydroxylation is 1. The number of nitriles is 1. The number of nitrogens with zero attached hydrogens (tertiary/aromatic N) is 1. The molecule has 0 aromatic heterocycles. The average Bonchev–Trinajstić information content (AvgIpc) is 2.77. The molecule has 31 heavy (non-hydrogen) atoms. The summed E-state index contributed by atoms with van der Waals surface area (Å²) in [5.41, 5.74) is 4.03. The van der Waals surface area contributed by atoms with Gasteiger partial charge in [-0.2, -0.15) is 5.26 Å². The van der Waals surface area contributed by atoms with E-state index in [-0.39, 0.29) is 11.6 Å². The fourth-order valence-electron chi connectivity index (χ4n) is 3.10. The van der Waals surface area contributed by atoms with Gasteiger partial charge in [0.2, 0.25) is 0 Å². The molecular formula is C26H23BrN2O2. The SMILES string of the molecule is Cc1cccc(COc2ccc(/C=C(/C#N)C(=O)N[C@H](C)c3ccccc3)cc2Br)c1. The van der Waals surface area contributed by atoms with Gasteiger partial charge in [-0.05, 0) is 64.7 Å². The van der Waals surface area contributed by atoms with Gasteiger partial charge in [-0.3, -0.25) is 4.79 Å². The quantitative estimate of drug-likeness (QED) is 0.331. The molecule has 3 aromatic carbocycles. The third-order valence-electron chi connectivity index (χ3n) is 4.76. The third kappa shape index (κ3) is 6.31. The van der Waals surface area contributed by atoms with E-state index < -0.39 is 5.91 Å². The summed E-state index contributed by atoms with van der Waals surface area (Å²) in [5, 5.41) is 12.4. The Kier molecular flexibility index (Phi) is 7.64. The summed E-state index contributed by atoms with van der Waals surface area (Å²) >= 11 is 3.52. The van der Waals surface area contributed by atoms with Crippen LogP contribution in [0.1, 0.15) is 35.2 Å². The summed E-state index contributed by atoms with van der Waals surface area (Å²) in [6.07, 6.45) is 1.57. The minimum Gasteiger partial charge on any atom is -0.488 e. The Morgan fingerprint density at radius 3 is 2.58 bits per heavy atom. The van der Waals surface area contributed by atoms with E-state index >= 15 is 0 Å². The summed E-state index contributed by atoms with van der Waals surface area (Å²) in [6, 6.07) is 25.1. The molecule has 1 atom stereocenters. The summed E-state index contributed by atoms with van der Waals surface area (Å²) in [4.78, 5) is 12.6. The summed E-state index contributed by atoms with van der Waals surface area (Å²) in [7, 11) is 0. The predicted molar refractivity (Wildman–Crippen MR) is 126 cm³/mol. The van der Waals surface area contributed by atoms with E-state index in [1.807, 2.05) is 86.6 Å². The molecule has 3 aromatic rings. The number of rotatable bonds is 7. The molecule has 0 aliphatic rings. The van der Waals surface area contributed by atoms with E-state index in [0.717, 1.165) is 21.2 Å². The zero-order valence-corrected chi connectivity index (χ0v) is 19.0. The normalized spacial score (nSPS) is 12.0. The molecule has 1 N–H and O–H groups in total. The van der Waals surface area contributed by atoms with Crippen molar-refractivity contribution in [1.29, 1.82) is 5.26 Å². The van der Waals surface area contributed by atoms with Crippen molar-refractivity contribution in [2.24, 2.45) is 0 Å². The first-order chi connectivity index (χ1) is 15.0. The standard InChI is InChI=1S/C26H23BrN2O2/c1-18-7-6-8-21(13-18)17-31-25-12-11-20(15-24(25)27)14-23(16-28)26(30)29-19(2)22-9-4-3-5-10-22/h3-15,19H,17H2,1-2H3,(H,29,30)/b23-14-/t19-/m1/s1. The number of amides is 1. The lowest BCUT2D eigenvalue weighted by molar-refractivity contribution is -0.117. The molecule has 0 heterocycles. The molecule has 1 amide bonds. The number of hydrogen-bond donors (Lipinski definition) is 1. The number of hydrogen-bond acceptors (Lipinski definition) is 3. The molecule has 0 bridgehead atoms. The number of ether oxygens (including phenoxy) is 1. The van der Waals surface area contributed by atoms with Crippen molar-refractivity contribution in [2.75, 3.05) is 0 Å². The van der Waals surface area contributed by atoms with E-state index in [1.165, 1.54) is 5.56 Å². The van der Waals surface area contributed by atoms with Crippen molar-refractivity contribution in [3.8, 4) is 11.8 Å². The van der Waals surface area contributed by atoms with Crippen LogP contribution in [0.25, 0.3) is 6.08 Å². The van der Waals surface area contributed by atoms with E-state index in [9.17, 15) is 10.1 Å². The molecule has 0 radical (unpaired) electrons. The van der Waals surface area contributed by atoms with Crippen LogP contribution in [-0.4, -0.2) is 5.91 Å². The zero-order chi connectivity index (χ0) is 22.2. The summed E-state index contributed by atoms with van der Waals surface area (Å²) < 4.78 is 6.66. The lowest BCUT2D eigenvalue weighted by Crippen LogP contribution is -2.27. The minimum absolute atomic E-state index is 0.0445.